The number of benzene rings is 1. The van der Waals surface area contributed by atoms with Crippen LogP contribution >= 0.6 is 12.2 Å². The minimum Gasteiger partial charge on any atom is -0.392 e. The Balaban J connectivity index is 2.67. The molecule has 1 aromatic heterocycles. The van der Waals surface area contributed by atoms with Gasteiger partial charge < -0.3 is 10.1 Å². The van der Waals surface area contributed by atoms with Gasteiger partial charge in [-0.05, 0) is 24.6 Å². The van der Waals surface area contributed by atoms with E-state index >= 15 is 0 Å². The summed E-state index contributed by atoms with van der Waals surface area (Å²) in [5.41, 5.74) is 2.54. The van der Waals surface area contributed by atoms with Gasteiger partial charge in [0.25, 0.3) is 5.69 Å². The number of aromatic amines is 1. The second-order valence-corrected chi connectivity index (χ2v) is 4.79. The number of non-ortho nitro benzene ring substituents is 1. The maximum Gasteiger partial charge on any atom is 0.269 e. The van der Waals surface area contributed by atoms with E-state index in [0.29, 0.717) is 32.6 Å². The number of aromatic nitrogens is 1. The van der Waals surface area contributed by atoms with Gasteiger partial charge in [0.05, 0.1) is 27.3 Å². The highest BCUT2D eigenvalue weighted by Gasteiger charge is 2.14. The Morgan fingerprint density at radius 3 is 2.52 bits per heavy atom. The van der Waals surface area contributed by atoms with Gasteiger partial charge in [0.1, 0.15) is 6.07 Å². The van der Waals surface area contributed by atoms with Crippen molar-refractivity contribution in [1.29, 1.82) is 5.26 Å². The smallest absolute Gasteiger partial charge is 0.269 e. The molecule has 0 spiro atoms. The van der Waals surface area contributed by atoms with Crippen molar-refractivity contribution in [1.82, 2.24) is 4.98 Å². The predicted octanol–water partition coefficient (Wildman–Crippen LogP) is 2.99. The number of aliphatic hydroxyl groups is 1. The van der Waals surface area contributed by atoms with Crippen LogP contribution in [0, 0.1) is 32.9 Å². The standard InChI is InChI=1S/C14H11N3O3S/c1-8-11(6-15)14(21)12(7-18)13(16-8)9-2-4-10(5-3-9)17(19)20/h2-5,18H,7H2,1H3,(H,16,21). The van der Waals surface area contributed by atoms with Gasteiger partial charge in [-0.2, -0.15) is 5.26 Å². The number of hydrogen-bond acceptors (Lipinski definition) is 5. The molecule has 0 bridgehead atoms. The molecule has 7 heteroatoms. The Labute approximate surface area is 125 Å². The summed E-state index contributed by atoms with van der Waals surface area (Å²) in [6.07, 6.45) is 0. The van der Waals surface area contributed by atoms with E-state index in [0.717, 1.165) is 0 Å². The number of aliphatic hydroxyl groups excluding tert-OH is 1. The normalized spacial score (nSPS) is 10.1. The fourth-order valence-corrected chi connectivity index (χ4v) is 2.41. The minimum absolute atomic E-state index is 0.0201. The van der Waals surface area contributed by atoms with Crippen molar-refractivity contribution < 1.29 is 10.0 Å². The third kappa shape index (κ3) is 2.67. The fraction of sp³-hybridized carbons (Fsp3) is 0.143. The maximum atomic E-state index is 10.7. The van der Waals surface area contributed by atoms with Crippen LogP contribution in [0.2, 0.25) is 0 Å². The van der Waals surface area contributed by atoms with Gasteiger partial charge in [0, 0.05) is 23.4 Å². The molecular formula is C14H11N3O3S. The summed E-state index contributed by atoms with van der Waals surface area (Å²) in [6, 6.07) is 7.90. The molecule has 0 aliphatic carbocycles. The topological polar surface area (TPSA) is 103 Å². The summed E-state index contributed by atoms with van der Waals surface area (Å²) in [4.78, 5) is 13.2. The summed E-state index contributed by atoms with van der Waals surface area (Å²) in [5, 5.41) is 29.3. The third-order valence-corrected chi connectivity index (χ3v) is 3.58. The minimum atomic E-state index is -0.483. The van der Waals surface area contributed by atoms with E-state index in [1.807, 2.05) is 6.07 Å². The Bertz CT molecular complexity index is 804. The lowest BCUT2D eigenvalue weighted by atomic mass is 10.0. The molecule has 0 radical (unpaired) electrons. The molecule has 0 saturated heterocycles. The predicted molar refractivity (Wildman–Crippen MR) is 79.1 cm³/mol. The average molecular weight is 301 g/mol. The number of nitrogens with zero attached hydrogens (tertiary/aromatic N) is 2. The summed E-state index contributed by atoms with van der Waals surface area (Å²) >= 11 is 5.22. The van der Waals surface area contributed by atoms with Gasteiger partial charge in [-0.1, -0.05) is 12.2 Å². The maximum absolute atomic E-state index is 10.7. The molecule has 0 aliphatic rings. The molecule has 1 heterocycles. The average Bonchev–Trinajstić information content (AvgIpc) is 2.47. The highest BCUT2D eigenvalue weighted by molar-refractivity contribution is 7.71. The molecule has 2 aromatic rings. The molecule has 0 unspecified atom stereocenters. The second kappa shape index (κ2) is 5.83. The summed E-state index contributed by atoms with van der Waals surface area (Å²) in [5.74, 6) is 0. The molecule has 0 atom stereocenters. The molecular weight excluding hydrogens is 290 g/mol. The largest absolute Gasteiger partial charge is 0.392 e. The number of nitro groups is 1. The van der Waals surface area contributed by atoms with E-state index < -0.39 is 4.92 Å². The molecule has 2 N–H and O–H groups in total. The van der Waals surface area contributed by atoms with Crippen LogP contribution in [0.15, 0.2) is 24.3 Å². The van der Waals surface area contributed by atoms with Crippen molar-refractivity contribution >= 4 is 17.9 Å². The Hall–Kier alpha value is -2.56. The molecule has 0 aliphatic heterocycles. The number of rotatable bonds is 3. The van der Waals surface area contributed by atoms with E-state index in [-0.39, 0.29) is 12.3 Å². The molecule has 1 aromatic carbocycles. The van der Waals surface area contributed by atoms with E-state index in [1.54, 1.807) is 19.1 Å². The number of aryl methyl sites for hydroxylation is 1. The Kier molecular flexibility index (Phi) is 4.12. The first-order valence-electron chi connectivity index (χ1n) is 6.01. The van der Waals surface area contributed by atoms with Crippen molar-refractivity contribution in [3.8, 4) is 17.3 Å². The number of H-pyrrole nitrogens is 1. The van der Waals surface area contributed by atoms with Crippen LogP contribution in [0.3, 0.4) is 0 Å². The first-order chi connectivity index (χ1) is 9.99. The summed E-state index contributed by atoms with van der Waals surface area (Å²) < 4.78 is 0.296. The van der Waals surface area contributed by atoms with Gasteiger partial charge in [-0.3, -0.25) is 10.1 Å². The van der Waals surface area contributed by atoms with Crippen molar-refractivity contribution in [2.24, 2.45) is 0 Å². The quantitative estimate of drug-likeness (QED) is 0.515. The van der Waals surface area contributed by atoms with Gasteiger partial charge >= 0.3 is 0 Å². The zero-order chi connectivity index (χ0) is 15.6. The van der Waals surface area contributed by atoms with E-state index in [4.69, 9.17) is 17.5 Å². The van der Waals surface area contributed by atoms with Gasteiger partial charge in [-0.15, -0.1) is 0 Å². The number of nitro benzene ring substituents is 1. The van der Waals surface area contributed by atoms with Crippen molar-refractivity contribution in [2.45, 2.75) is 13.5 Å². The zero-order valence-electron chi connectivity index (χ0n) is 11.1. The zero-order valence-corrected chi connectivity index (χ0v) is 11.9. The molecule has 2 rings (SSSR count). The fourth-order valence-electron chi connectivity index (χ4n) is 2.04. The molecule has 6 nitrogen and oxygen atoms in total. The summed E-state index contributed by atoms with van der Waals surface area (Å²) in [7, 11) is 0. The molecule has 106 valence electrons. The second-order valence-electron chi connectivity index (χ2n) is 4.38. The monoisotopic (exact) mass is 301 g/mol. The highest BCUT2D eigenvalue weighted by Crippen LogP contribution is 2.27. The Morgan fingerprint density at radius 2 is 2.05 bits per heavy atom. The number of nitriles is 1. The van der Waals surface area contributed by atoms with Crippen LogP contribution in [0.25, 0.3) is 11.3 Å². The highest BCUT2D eigenvalue weighted by atomic mass is 32.1. The number of hydrogen-bond donors (Lipinski definition) is 2. The van der Waals surface area contributed by atoms with Crippen LogP contribution in [-0.2, 0) is 6.61 Å². The van der Waals surface area contributed by atoms with Crippen LogP contribution in [0.5, 0.6) is 0 Å². The van der Waals surface area contributed by atoms with Crippen LogP contribution in [0.4, 0.5) is 5.69 Å². The molecule has 0 saturated carbocycles. The van der Waals surface area contributed by atoms with Crippen molar-refractivity contribution in [3.63, 3.8) is 0 Å². The van der Waals surface area contributed by atoms with E-state index in [2.05, 4.69) is 4.98 Å². The first kappa shape index (κ1) is 14.8. The summed E-state index contributed by atoms with van der Waals surface area (Å²) in [6.45, 7) is 1.39. The van der Waals surface area contributed by atoms with Crippen molar-refractivity contribution in [2.75, 3.05) is 0 Å². The molecule has 0 amide bonds. The number of pyridine rings is 1. The van der Waals surface area contributed by atoms with Crippen LogP contribution < -0.4 is 0 Å². The first-order valence-corrected chi connectivity index (χ1v) is 6.42. The van der Waals surface area contributed by atoms with Gasteiger partial charge in [0.15, 0.2) is 0 Å². The van der Waals surface area contributed by atoms with Gasteiger partial charge in [-0.25, -0.2) is 0 Å². The third-order valence-electron chi connectivity index (χ3n) is 3.13. The van der Waals surface area contributed by atoms with Gasteiger partial charge in [0.2, 0.25) is 0 Å². The van der Waals surface area contributed by atoms with E-state index in [9.17, 15) is 15.2 Å². The molecule has 0 fully saturated rings. The number of nitrogens with one attached hydrogen (secondary N) is 1. The van der Waals surface area contributed by atoms with Crippen molar-refractivity contribution in [3.05, 3.63) is 55.7 Å². The van der Waals surface area contributed by atoms with Crippen LogP contribution in [-0.4, -0.2) is 15.0 Å². The lowest BCUT2D eigenvalue weighted by Gasteiger charge is -2.11. The molecule has 21 heavy (non-hydrogen) atoms. The van der Waals surface area contributed by atoms with E-state index in [1.165, 1.54) is 12.1 Å². The lowest BCUT2D eigenvalue weighted by molar-refractivity contribution is -0.384. The SMILES string of the molecule is Cc1[nH]c(-c2ccc([N+](=O)[O-])cc2)c(CO)c(=S)c1C#N. The Morgan fingerprint density at radius 1 is 1.43 bits per heavy atom. The lowest BCUT2D eigenvalue weighted by Crippen LogP contribution is -2.01. The van der Waals surface area contributed by atoms with Crippen LogP contribution in [0.1, 0.15) is 16.8 Å².